The van der Waals surface area contributed by atoms with E-state index in [1.807, 2.05) is 30.1 Å². The molecule has 4 aromatic rings. The molecule has 7 rings (SSSR count). The molecule has 1 amide bonds. The van der Waals surface area contributed by atoms with Gasteiger partial charge in [-0.1, -0.05) is 48.5 Å². The lowest BCUT2D eigenvalue weighted by atomic mass is 9.89. The summed E-state index contributed by atoms with van der Waals surface area (Å²) in [5.74, 6) is -0.555. The van der Waals surface area contributed by atoms with Crippen molar-refractivity contribution in [2.45, 2.75) is 43.9 Å². The van der Waals surface area contributed by atoms with Gasteiger partial charge >= 0.3 is 6.01 Å². The predicted octanol–water partition coefficient (Wildman–Crippen LogP) is 5.94. The van der Waals surface area contributed by atoms with Crippen molar-refractivity contribution in [1.82, 2.24) is 19.8 Å². The Morgan fingerprint density at radius 3 is 2.71 bits per heavy atom. The number of nitriles is 1. The van der Waals surface area contributed by atoms with Gasteiger partial charge in [0.15, 0.2) is 5.83 Å². The number of aromatic nitrogens is 2. The van der Waals surface area contributed by atoms with Gasteiger partial charge in [0.2, 0.25) is 0 Å². The molecule has 2 fully saturated rings. The van der Waals surface area contributed by atoms with E-state index in [4.69, 9.17) is 35.8 Å². The van der Waals surface area contributed by atoms with E-state index in [0.717, 1.165) is 58.7 Å². The molecular formula is C37H38ClFN6O4. The standard InChI is InChI=1S/C37H38ClFN6O4/c1-22(39)36(46)45-15-14-44(19-24(45)12-13-40)35-33-31(41-37(42-35)49-21-25-17-26(47-3)20-43(25)2)18-29(28-10-6-16-48-34(28)33)27-9-4-7-23-8-5-11-30(38)32(23)27/h4-5,7-9,11,18,24-26H,1,6,10,12,14-17,19-21H2,2-3H3/t24?,25-,26-/m1/s1. The molecule has 3 aromatic carbocycles. The molecule has 0 N–H and O–H groups in total. The van der Waals surface area contributed by atoms with Crippen LogP contribution in [0.2, 0.25) is 5.02 Å². The van der Waals surface area contributed by atoms with E-state index in [-0.39, 0.29) is 37.7 Å². The number of carbonyl (C=O) groups excluding carboxylic acids is 1. The summed E-state index contributed by atoms with van der Waals surface area (Å²) in [5.41, 5.74) is 3.65. The van der Waals surface area contributed by atoms with E-state index in [2.05, 4.69) is 41.8 Å². The normalized spacial score (nSPS) is 21.0. The zero-order valence-electron chi connectivity index (χ0n) is 27.6. The number of piperazine rings is 1. The average molecular weight is 685 g/mol. The Kier molecular flexibility index (Phi) is 9.29. The number of rotatable bonds is 8. The summed E-state index contributed by atoms with van der Waals surface area (Å²) < 4.78 is 32.4. The lowest BCUT2D eigenvalue weighted by Gasteiger charge is -2.41. The van der Waals surface area contributed by atoms with Crippen molar-refractivity contribution in [3.63, 3.8) is 0 Å². The fourth-order valence-corrected chi connectivity index (χ4v) is 7.75. The van der Waals surface area contributed by atoms with Gasteiger partial charge in [-0.05, 0) is 55.0 Å². The first-order chi connectivity index (χ1) is 23.8. The van der Waals surface area contributed by atoms with Gasteiger partial charge in [0.25, 0.3) is 5.91 Å². The van der Waals surface area contributed by atoms with Crippen molar-refractivity contribution in [2.75, 3.05) is 58.5 Å². The third kappa shape index (κ3) is 6.25. The van der Waals surface area contributed by atoms with Crippen molar-refractivity contribution in [1.29, 1.82) is 5.26 Å². The number of hydrogen-bond donors (Lipinski definition) is 0. The second kappa shape index (κ2) is 13.8. The van der Waals surface area contributed by atoms with Crippen molar-refractivity contribution >= 4 is 45.0 Å². The maximum atomic E-state index is 14.0. The Hall–Kier alpha value is -4.50. The number of anilines is 1. The third-order valence-corrected chi connectivity index (χ3v) is 10.3. The fraction of sp³-hybridized carbons (Fsp3) is 0.405. The van der Waals surface area contributed by atoms with Crippen molar-refractivity contribution in [2.24, 2.45) is 0 Å². The molecule has 49 heavy (non-hydrogen) atoms. The first-order valence-corrected chi connectivity index (χ1v) is 17.0. The molecule has 3 aliphatic rings. The average Bonchev–Trinajstić information content (AvgIpc) is 3.48. The smallest absolute Gasteiger partial charge is 0.319 e. The fourth-order valence-electron chi connectivity index (χ4n) is 7.46. The van der Waals surface area contributed by atoms with E-state index in [0.29, 0.717) is 41.9 Å². The summed E-state index contributed by atoms with van der Waals surface area (Å²) in [6.45, 7) is 5.71. The Bertz CT molecular complexity index is 1980. The predicted molar refractivity (Wildman–Crippen MR) is 187 cm³/mol. The summed E-state index contributed by atoms with van der Waals surface area (Å²) in [4.78, 5) is 28.3. The van der Waals surface area contributed by atoms with Crippen LogP contribution in [0.15, 0.2) is 54.9 Å². The van der Waals surface area contributed by atoms with E-state index >= 15 is 0 Å². The largest absolute Gasteiger partial charge is 0.492 e. The molecule has 2 saturated heterocycles. The minimum Gasteiger partial charge on any atom is -0.492 e. The molecule has 0 spiro atoms. The van der Waals surface area contributed by atoms with E-state index < -0.39 is 17.8 Å². The Balaban J connectivity index is 1.38. The minimum atomic E-state index is -1.05. The number of benzene rings is 3. The number of carbonyl (C=O) groups is 1. The van der Waals surface area contributed by atoms with E-state index in [9.17, 15) is 14.4 Å². The number of likely N-dealkylation sites (N-methyl/N-ethyl adjacent to an activating group) is 1. The third-order valence-electron chi connectivity index (χ3n) is 9.96. The molecule has 0 aliphatic carbocycles. The number of methoxy groups -OCH3 is 1. The summed E-state index contributed by atoms with van der Waals surface area (Å²) in [7, 11) is 3.77. The number of hydrogen-bond acceptors (Lipinski definition) is 9. The van der Waals surface area contributed by atoms with Gasteiger partial charge in [-0.15, -0.1) is 0 Å². The minimum absolute atomic E-state index is 0.0250. The van der Waals surface area contributed by atoms with Gasteiger partial charge in [0.1, 0.15) is 18.2 Å². The Morgan fingerprint density at radius 2 is 1.96 bits per heavy atom. The zero-order valence-corrected chi connectivity index (χ0v) is 28.4. The molecule has 1 unspecified atom stereocenters. The first kappa shape index (κ1) is 33.0. The summed E-state index contributed by atoms with van der Waals surface area (Å²) in [6, 6.07) is 16.1. The SMILES string of the molecule is C=C(F)C(=O)N1CCN(c2nc(OC[C@H]3C[C@@H](OC)CN3C)nc3cc(-c4cccc5cccc(Cl)c45)c4c(c23)OCCC4)CC1CC#N. The molecule has 10 nitrogen and oxygen atoms in total. The maximum absolute atomic E-state index is 14.0. The number of amides is 1. The van der Waals surface area contributed by atoms with Crippen LogP contribution in [0.1, 0.15) is 24.8 Å². The van der Waals surface area contributed by atoms with Gasteiger partial charge in [-0.3, -0.25) is 9.69 Å². The first-order valence-electron chi connectivity index (χ1n) is 16.6. The molecule has 254 valence electrons. The lowest BCUT2D eigenvalue weighted by molar-refractivity contribution is -0.131. The highest BCUT2D eigenvalue weighted by Crippen LogP contribution is 2.46. The molecule has 0 saturated carbocycles. The van der Waals surface area contributed by atoms with Crippen molar-refractivity contribution in [3.05, 3.63) is 65.5 Å². The molecule has 12 heteroatoms. The number of ether oxygens (including phenoxy) is 3. The number of nitrogens with zero attached hydrogens (tertiary/aromatic N) is 6. The summed E-state index contributed by atoms with van der Waals surface area (Å²) in [5, 5.41) is 13.0. The second-order valence-corrected chi connectivity index (χ2v) is 13.3. The highest BCUT2D eigenvalue weighted by atomic mass is 35.5. The van der Waals surface area contributed by atoms with Crippen LogP contribution in [-0.4, -0.2) is 97.4 Å². The number of fused-ring (bicyclic) bond motifs is 4. The van der Waals surface area contributed by atoms with E-state index in [1.54, 1.807) is 7.11 Å². The van der Waals surface area contributed by atoms with Crippen LogP contribution in [0.4, 0.5) is 10.2 Å². The topological polar surface area (TPSA) is 104 Å². The summed E-state index contributed by atoms with van der Waals surface area (Å²) >= 11 is 6.82. The van der Waals surface area contributed by atoms with Crippen LogP contribution >= 0.6 is 11.6 Å². The maximum Gasteiger partial charge on any atom is 0.319 e. The molecule has 3 aliphatic heterocycles. The van der Waals surface area contributed by atoms with Gasteiger partial charge in [0.05, 0.1) is 42.1 Å². The van der Waals surface area contributed by atoms with Crippen LogP contribution in [0.5, 0.6) is 11.8 Å². The van der Waals surface area contributed by atoms with Gasteiger partial charge < -0.3 is 24.0 Å². The molecule has 1 aromatic heterocycles. The van der Waals surface area contributed by atoms with Crippen LogP contribution in [0, 0.1) is 11.3 Å². The molecular weight excluding hydrogens is 647 g/mol. The Labute approximate surface area is 289 Å². The molecule has 0 bridgehead atoms. The second-order valence-electron chi connectivity index (χ2n) is 12.9. The van der Waals surface area contributed by atoms with Gasteiger partial charge in [-0.25, -0.2) is 4.39 Å². The van der Waals surface area contributed by atoms with Crippen LogP contribution < -0.4 is 14.4 Å². The molecule has 0 radical (unpaired) electrons. The van der Waals surface area contributed by atoms with Crippen LogP contribution in [0.25, 0.3) is 32.8 Å². The number of halogens is 2. The van der Waals surface area contributed by atoms with E-state index in [1.165, 1.54) is 4.90 Å². The van der Waals surface area contributed by atoms with Crippen molar-refractivity contribution < 1.29 is 23.4 Å². The lowest BCUT2D eigenvalue weighted by Crippen LogP contribution is -2.55. The van der Waals surface area contributed by atoms with Crippen molar-refractivity contribution in [3.8, 4) is 29.0 Å². The quantitative estimate of drug-likeness (QED) is 0.209. The highest BCUT2D eigenvalue weighted by molar-refractivity contribution is 6.36. The number of likely N-dealkylation sites (tertiary alicyclic amines) is 1. The van der Waals surface area contributed by atoms with Crippen LogP contribution in [-0.2, 0) is 16.0 Å². The highest BCUT2D eigenvalue weighted by Gasteiger charge is 2.35. The zero-order chi connectivity index (χ0) is 34.2. The summed E-state index contributed by atoms with van der Waals surface area (Å²) in [6.07, 6.45) is 2.61. The Morgan fingerprint density at radius 1 is 1.14 bits per heavy atom. The molecule has 3 atom stereocenters. The van der Waals surface area contributed by atoms with Gasteiger partial charge in [0, 0.05) is 55.3 Å². The van der Waals surface area contributed by atoms with Gasteiger partial charge in [-0.2, -0.15) is 15.2 Å². The molecule has 4 heterocycles. The van der Waals surface area contributed by atoms with Crippen LogP contribution in [0.3, 0.4) is 0 Å². The monoisotopic (exact) mass is 684 g/mol.